The van der Waals surface area contributed by atoms with Crippen molar-refractivity contribution in [3.8, 4) is 17.1 Å². The van der Waals surface area contributed by atoms with Gasteiger partial charge in [-0.2, -0.15) is 0 Å². The summed E-state index contributed by atoms with van der Waals surface area (Å²) in [6.07, 6.45) is 1.70. The molecule has 0 unspecified atom stereocenters. The molecule has 148 valence electrons. The van der Waals surface area contributed by atoms with Gasteiger partial charge >= 0.3 is 5.97 Å². The van der Waals surface area contributed by atoms with E-state index in [2.05, 4.69) is 0 Å². The van der Waals surface area contributed by atoms with Crippen molar-refractivity contribution in [2.45, 2.75) is 6.61 Å². The predicted octanol–water partition coefficient (Wildman–Crippen LogP) is 6.21. The molecule has 5 heteroatoms. The summed E-state index contributed by atoms with van der Waals surface area (Å²) in [5.41, 5.74) is 3.84. The van der Waals surface area contributed by atoms with Gasteiger partial charge < -0.3 is 18.3 Å². The average Bonchev–Trinajstić information content (AvgIpc) is 3.40. The van der Waals surface area contributed by atoms with E-state index >= 15 is 0 Å². The third-order valence-corrected chi connectivity index (χ3v) is 4.99. The SMILES string of the molecule is COC(=O)c1cccc(COc2ccc3occ(-c4cc5ccccc5o4)c3c2)c1. The first-order chi connectivity index (χ1) is 14.7. The van der Waals surface area contributed by atoms with Crippen molar-refractivity contribution in [3.05, 3.63) is 90.2 Å². The highest BCUT2D eigenvalue weighted by molar-refractivity contribution is 5.96. The van der Waals surface area contributed by atoms with Crippen LogP contribution in [0.5, 0.6) is 5.75 Å². The molecular formula is C25H18O5. The molecule has 5 aromatic rings. The zero-order chi connectivity index (χ0) is 20.5. The third kappa shape index (κ3) is 3.31. The van der Waals surface area contributed by atoms with Gasteiger partial charge in [0.2, 0.25) is 0 Å². The van der Waals surface area contributed by atoms with E-state index in [-0.39, 0.29) is 5.97 Å². The average molecular weight is 398 g/mol. The third-order valence-electron chi connectivity index (χ3n) is 4.99. The van der Waals surface area contributed by atoms with Crippen LogP contribution in [0.1, 0.15) is 15.9 Å². The van der Waals surface area contributed by atoms with Crippen LogP contribution in [0.15, 0.2) is 87.9 Å². The summed E-state index contributed by atoms with van der Waals surface area (Å²) in [6.45, 7) is 0.328. The van der Waals surface area contributed by atoms with Gasteiger partial charge in [0, 0.05) is 10.8 Å². The minimum Gasteiger partial charge on any atom is -0.489 e. The molecule has 3 aromatic carbocycles. The number of para-hydroxylation sites is 1. The summed E-state index contributed by atoms with van der Waals surface area (Å²) in [6, 6.07) is 22.8. The first kappa shape index (κ1) is 18.1. The molecule has 2 heterocycles. The molecule has 0 radical (unpaired) electrons. The van der Waals surface area contributed by atoms with Crippen LogP contribution in [0, 0.1) is 0 Å². The van der Waals surface area contributed by atoms with Gasteiger partial charge in [-0.3, -0.25) is 0 Å². The van der Waals surface area contributed by atoms with Crippen LogP contribution in [-0.2, 0) is 11.3 Å². The Balaban J connectivity index is 1.42. The molecule has 0 aliphatic heterocycles. The van der Waals surface area contributed by atoms with E-state index in [4.69, 9.17) is 18.3 Å². The largest absolute Gasteiger partial charge is 0.489 e. The summed E-state index contributed by atoms with van der Waals surface area (Å²) < 4.78 is 22.4. The molecule has 0 aliphatic rings. The first-order valence-electron chi connectivity index (χ1n) is 9.51. The highest BCUT2D eigenvalue weighted by atomic mass is 16.5. The lowest BCUT2D eigenvalue weighted by atomic mass is 10.1. The minimum absolute atomic E-state index is 0.328. The van der Waals surface area contributed by atoms with Crippen LogP contribution >= 0.6 is 0 Å². The Hall–Kier alpha value is -3.99. The second-order valence-electron chi connectivity index (χ2n) is 6.94. The standard InChI is InChI=1S/C25H18O5/c1-27-25(26)18-7-4-5-16(11-18)14-28-19-9-10-23-20(13-19)21(15-29-23)24-12-17-6-2-3-8-22(17)30-24/h2-13,15H,14H2,1H3. The van der Waals surface area contributed by atoms with Crippen LogP contribution in [-0.4, -0.2) is 13.1 Å². The van der Waals surface area contributed by atoms with Gasteiger partial charge in [-0.25, -0.2) is 4.79 Å². The molecule has 0 saturated carbocycles. The Kier molecular flexibility index (Phi) is 4.48. The Morgan fingerprint density at radius 2 is 1.83 bits per heavy atom. The first-order valence-corrected chi connectivity index (χ1v) is 9.51. The number of methoxy groups -OCH3 is 1. The second-order valence-corrected chi connectivity index (χ2v) is 6.94. The monoisotopic (exact) mass is 398 g/mol. The number of carbonyl (C=O) groups excluding carboxylic acids is 1. The number of hydrogen-bond donors (Lipinski definition) is 0. The Bertz CT molecular complexity index is 1330. The fourth-order valence-electron chi connectivity index (χ4n) is 3.48. The van der Waals surface area contributed by atoms with E-state index in [1.807, 2.05) is 60.7 Å². The molecule has 2 aromatic heterocycles. The van der Waals surface area contributed by atoms with Crippen molar-refractivity contribution in [2.75, 3.05) is 7.11 Å². The number of carbonyl (C=O) groups is 1. The van der Waals surface area contributed by atoms with Crippen LogP contribution in [0.4, 0.5) is 0 Å². The number of rotatable bonds is 5. The molecular weight excluding hydrogens is 380 g/mol. The Morgan fingerprint density at radius 1 is 0.933 bits per heavy atom. The molecule has 0 bridgehead atoms. The predicted molar refractivity (Wildman–Crippen MR) is 114 cm³/mol. The maximum absolute atomic E-state index is 11.7. The number of fused-ring (bicyclic) bond motifs is 2. The molecule has 0 fully saturated rings. The van der Waals surface area contributed by atoms with Crippen molar-refractivity contribution in [1.82, 2.24) is 0 Å². The molecule has 5 nitrogen and oxygen atoms in total. The second kappa shape index (κ2) is 7.44. The van der Waals surface area contributed by atoms with Crippen LogP contribution in [0.25, 0.3) is 33.3 Å². The number of furan rings is 2. The molecule has 0 amide bonds. The molecule has 30 heavy (non-hydrogen) atoms. The quantitative estimate of drug-likeness (QED) is 0.329. The Morgan fingerprint density at radius 3 is 2.70 bits per heavy atom. The maximum atomic E-state index is 11.7. The lowest BCUT2D eigenvalue weighted by molar-refractivity contribution is 0.0600. The highest BCUT2D eigenvalue weighted by Crippen LogP contribution is 2.36. The van der Waals surface area contributed by atoms with E-state index in [1.54, 1.807) is 18.4 Å². The fraction of sp³-hybridized carbons (Fsp3) is 0.0800. The van der Waals surface area contributed by atoms with Gasteiger partial charge in [-0.15, -0.1) is 0 Å². The van der Waals surface area contributed by atoms with Crippen LogP contribution < -0.4 is 4.74 Å². The van der Waals surface area contributed by atoms with Crippen molar-refractivity contribution < 1.29 is 23.1 Å². The van der Waals surface area contributed by atoms with E-state index in [1.165, 1.54) is 7.11 Å². The number of esters is 1. The normalized spacial score (nSPS) is 11.1. The maximum Gasteiger partial charge on any atom is 0.337 e. The van der Waals surface area contributed by atoms with Crippen molar-refractivity contribution >= 4 is 27.9 Å². The molecule has 0 N–H and O–H groups in total. The van der Waals surface area contributed by atoms with E-state index < -0.39 is 0 Å². The molecule has 0 aliphatic carbocycles. The van der Waals surface area contributed by atoms with Gasteiger partial charge in [0.25, 0.3) is 0 Å². The lowest BCUT2D eigenvalue weighted by Crippen LogP contribution is -2.03. The zero-order valence-electron chi connectivity index (χ0n) is 16.3. The molecule has 0 atom stereocenters. The number of ether oxygens (including phenoxy) is 2. The molecule has 0 saturated heterocycles. The van der Waals surface area contributed by atoms with Crippen LogP contribution in [0.3, 0.4) is 0 Å². The van der Waals surface area contributed by atoms with E-state index in [0.717, 1.165) is 38.8 Å². The van der Waals surface area contributed by atoms with Crippen molar-refractivity contribution in [1.29, 1.82) is 0 Å². The smallest absolute Gasteiger partial charge is 0.337 e. The summed E-state index contributed by atoms with van der Waals surface area (Å²) in [7, 11) is 1.37. The number of hydrogen-bond acceptors (Lipinski definition) is 5. The zero-order valence-corrected chi connectivity index (χ0v) is 16.3. The summed E-state index contributed by atoms with van der Waals surface area (Å²) in [4.78, 5) is 11.7. The topological polar surface area (TPSA) is 61.8 Å². The minimum atomic E-state index is -0.368. The summed E-state index contributed by atoms with van der Waals surface area (Å²) in [5.74, 6) is 1.08. The summed E-state index contributed by atoms with van der Waals surface area (Å²) in [5, 5.41) is 1.95. The summed E-state index contributed by atoms with van der Waals surface area (Å²) >= 11 is 0. The van der Waals surface area contributed by atoms with Crippen LogP contribution in [0.2, 0.25) is 0 Å². The van der Waals surface area contributed by atoms with E-state index in [9.17, 15) is 4.79 Å². The fourth-order valence-corrected chi connectivity index (χ4v) is 3.48. The lowest BCUT2D eigenvalue weighted by Gasteiger charge is -2.08. The Labute approximate surface area is 172 Å². The van der Waals surface area contributed by atoms with Gasteiger partial charge in [-0.1, -0.05) is 30.3 Å². The van der Waals surface area contributed by atoms with Crippen molar-refractivity contribution in [3.63, 3.8) is 0 Å². The van der Waals surface area contributed by atoms with E-state index in [0.29, 0.717) is 17.9 Å². The number of benzene rings is 3. The molecule has 5 rings (SSSR count). The van der Waals surface area contributed by atoms with Gasteiger partial charge in [0.1, 0.15) is 35.5 Å². The molecule has 0 spiro atoms. The van der Waals surface area contributed by atoms with Gasteiger partial charge in [0.05, 0.1) is 18.2 Å². The van der Waals surface area contributed by atoms with Gasteiger partial charge in [-0.05, 0) is 48.0 Å². The van der Waals surface area contributed by atoms with Crippen molar-refractivity contribution in [2.24, 2.45) is 0 Å². The van der Waals surface area contributed by atoms with Gasteiger partial charge in [0.15, 0.2) is 0 Å². The highest BCUT2D eigenvalue weighted by Gasteiger charge is 2.14.